The summed E-state index contributed by atoms with van der Waals surface area (Å²) in [6.45, 7) is 0.194. The molecule has 0 aliphatic carbocycles. The number of hydrogen-bond acceptors (Lipinski definition) is 7. The van der Waals surface area contributed by atoms with Crippen molar-refractivity contribution in [3.8, 4) is 17.4 Å². The molecule has 3 aromatic rings. The van der Waals surface area contributed by atoms with Gasteiger partial charge in [-0.15, -0.1) is 0 Å². The second-order valence-corrected chi connectivity index (χ2v) is 8.39. The van der Waals surface area contributed by atoms with Crippen LogP contribution in [-0.4, -0.2) is 65.6 Å². The Bertz CT molecular complexity index is 1230. The second-order valence-electron chi connectivity index (χ2n) is 8.39. The summed E-state index contributed by atoms with van der Waals surface area (Å²) >= 11 is 0. The SMILES string of the molecule is C[C@@H]1CC(F)(F)CN(C(=O)c2nn(C)cc2-c2ncc(F)cn2)[C@@H]1COc1ncc(C(F)(F)F)cn1. The fourth-order valence-corrected chi connectivity index (χ4v) is 3.92. The van der Waals surface area contributed by atoms with Gasteiger partial charge in [0.05, 0.1) is 36.1 Å². The number of carbonyl (C=O) groups is 1. The molecule has 0 saturated carbocycles. The molecule has 0 radical (unpaired) electrons. The first kappa shape index (κ1) is 25.3. The number of aromatic nitrogens is 6. The van der Waals surface area contributed by atoms with Crippen LogP contribution in [0, 0.1) is 11.7 Å². The number of nitrogens with zero attached hydrogens (tertiary/aromatic N) is 7. The van der Waals surface area contributed by atoms with Gasteiger partial charge >= 0.3 is 12.2 Å². The number of aryl methyl sites for hydroxylation is 1. The summed E-state index contributed by atoms with van der Waals surface area (Å²) in [5.74, 6) is -5.58. The van der Waals surface area contributed by atoms with Crippen LogP contribution in [0.25, 0.3) is 11.4 Å². The van der Waals surface area contributed by atoms with Crippen LogP contribution in [0.4, 0.5) is 26.3 Å². The number of ether oxygens (including phenoxy) is 1. The summed E-state index contributed by atoms with van der Waals surface area (Å²) in [6.07, 6.45) is -0.940. The largest absolute Gasteiger partial charge is 0.461 e. The third kappa shape index (κ3) is 5.39. The highest BCUT2D eigenvalue weighted by Gasteiger charge is 2.47. The Hall–Kier alpha value is -3.78. The second kappa shape index (κ2) is 9.35. The smallest absolute Gasteiger partial charge is 0.419 e. The molecule has 2 atom stereocenters. The van der Waals surface area contributed by atoms with Crippen LogP contribution >= 0.6 is 0 Å². The first-order valence-electron chi connectivity index (χ1n) is 10.6. The highest BCUT2D eigenvalue weighted by molar-refractivity contribution is 5.98. The lowest BCUT2D eigenvalue weighted by molar-refractivity contribution is -0.138. The van der Waals surface area contributed by atoms with Crippen molar-refractivity contribution in [2.75, 3.05) is 13.2 Å². The maximum atomic E-state index is 14.5. The molecule has 4 rings (SSSR count). The van der Waals surface area contributed by atoms with Gasteiger partial charge in [-0.05, 0) is 5.92 Å². The molecule has 1 amide bonds. The Balaban J connectivity index is 1.60. The first-order chi connectivity index (χ1) is 16.8. The van der Waals surface area contributed by atoms with Crippen molar-refractivity contribution in [2.24, 2.45) is 13.0 Å². The number of carbonyl (C=O) groups excluding carboxylic acids is 1. The lowest BCUT2D eigenvalue weighted by Gasteiger charge is -2.42. The molecule has 1 saturated heterocycles. The Morgan fingerprint density at radius 1 is 1.14 bits per heavy atom. The summed E-state index contributed by atoms with van der Waals surface area (Å²) in [5.41, 5.74) is -1.21. The van der Waals surface area contributed by atoms with E-state index in [1.54, 1.807) is 0 Å². The van der Waals surface area contributed by atoms with Crippen molar-refractivity contribution in [1.29, 1.82) is 0 Å². The molecule has 1 aliphatic rings. The molecule has 9 nitrogen and oxygen atoms in total. The van der Waals surface area contributed by atoms with Gasteiger partial charge < -0.3 is 9.64 Å². The van der Waals surface area contributed by atoms with E-state index >= 15 is 0 Å². The van der Waals surface area contributed by atoms with Gasteiger partial charge in [0.2, 0.25) is 0 Å². The normalized spacial score (nSPS) is 19.8. The molecular formula is C21H19F6N7O2. The Morgan fingerprint density at radius 2 is 1.78 bits per heavy atom. The lowest BCUT2D eigenvalue weighted by atomic mass is 9.88. The van der Waals surface area contributed by atoms with Crippen molar-refractivity contribution < 1.29 is 35.9 Å². The van der Waals surface area contributed by atoms with Gasteiger partial charge in [-0.2, -0.15) is 18.3 Å². The summed E-state index contributed by atoms with van der Waals surface area (Å²) in [5, 5.41) is 4.08. The molecular weight excluding hydrogens is 496 g/mol. The molecule has 0 spiro atoms. The van der Waals surface area contributed by atoms with Gasteiger partial charge in [-0.1, -0.05) is 6.92 Å². The third-order valence-electron chi connectivity index (χ3n) is 5.57. The number of halogens is 6. The minimum Gasteiger partial charge on any atom is -0.461 e. The zero-order valence-electron chi connectivity index (χ0n) is 18.9. The van der Waals surface area contributed by atoms with Crippen molar-refractivity contribution in [3.05, 3.63) is 48.1 Å². The molecule has 192 valence electrons. The minimum absolute atomic E-state index is 0.0318. The predicted octanol–water partition coefficient (Wildman–Crippen LogP) is 3.39. The molecule has 1 aliphatic heterocycles. The van der Waals surface area contributed by atoms with Gasteiger partial charge in [0.15, 0.2) is 17.3 Å². The van der Waals surface area contributed by atoms with Crippen molar-refractivity contribution in [3.63, 3.8) is 0 Å². The first-order valence-corrected chi connectivity index (χ1v) is 10.6. The van der Waals surface area contributed by atoms with E-state index in [4.69, 9.17) is 4.74 Å². The van der Waals surface area contributed by atoms with Crippen molar-refractivity contribution in [1.82, 2.24) is 34.6 Å². The quantitative estimate of drug-likeness (QED) is 0.481. The van der Waals surface area contributed by atoms with E-state index in [0.29, 0.717) is 12.4 Å². The molecule has 0 unspecified atom stereocenters. The van der Waals surface area contributed by atoms with E-state index in [1.165, 1.54) is 24.9 Å². The Morgan fingerprint density at radius 3 is 2.39 bits per heavy atom. The molecule has 0 bridgehead atoms. The van der Waals surface area contributed by atoms with E-state index in [0.717, 1.165) is 17.3 Å². The van der Waals surface area contributed by atoms with Crippen LogP contribution in [0.3, 0.4) is 0 Å². The fourth-order valence-electron chi connectivity index (χ4n) is 3.92. The topological polar surface area (TPSA) is 98.9 Å². The predicted molar refractivity (Wildman–Crippen MR) is 110 cm³/mol. The number of piperidine rings is 1. The number of rotatable bonds is 5. The minimum atomic E-state index is -4.64. The standard InChI is InChI=1S/C21H19F6N7O2/c1-11-3-20(23,24)10-34(15(11)9-36-19-30-4-12(5-31-19)21(25,26)27)18(35)16-14(8-33(2)32-16)17-28-6-13(22)7-29-17/h4-8,11,15H,3,9-10H2,1-2H3/t11-,15-/m1/s1. The van der Waals surface area contributed by atoms with Crippen LogP contribution in [-0.2, 0) is 13.2 Å². The molecule has 1 fully saturated rings. The van der Waals surface area contributed by atoms with Gasteiger partial charge in [-0.25, -0.2) is 33.1 Å². The molecule has 3 aromatic heterocycles. The number of hydrogen-bond donors (Lipinski definition) is 0. The summed E-state index contributed by atoms with van der Waals surface area (Å²) in [6, 6.07) is -1.31. The van der Waals surface area contributed by atoms with Crippen molar-refractivity contribution in [2.45, 2.75) is 31.5 Å². The zero-order valence-corrected chi connectivity index (χ0v) is 18.9. The highest BCUT2D eigenvalue weighted by Crippen LogP contribution is 2.36. The van der Waals surface area contributed by atoms with Crippen LogP contribution in [0.2, 0.25) is 0 Å². The van der Waals surface area contributed by atoms with Gasteiger partial charge in [0.25, 0.3) is 11.8 Å². The van der Waals surface area contributed by atoms with E-state index < -0.39 is 60.3 Å². The monoisotopic (exact) mass is 515 g/mol. The maximum absolute atomic E-state index is 14.5. The summed E-state index contributed by atoms with van der Waals surface area (Å²) in [7, 11) is 1.50. The number of alkyl halides is 5. The van der Waals surface area contributed by atoms with E-state index in [-0.39, 0.29) is 23.7 Å². The third-order valence-corrected chi connectivity index (χ3v) is 5.57. The number of amides is 1. The van der Waals surface area contributed by atoms with Crippen LogP contribution in [0.15, 0.2) is 31.0 Å². The van der Waals surface area contributed by atoms with Gasteiger partial charge in [0, 0.05) is 32.1 Å². The highest BCUT2D eigenvalue weighted by atomic mass is 19.4. The van der Waals surface area contributed by atoms with Crippen LogP contribution in [0.5, 0.6) is 6.01 Å². The molecule has 4 heterocycles. The van der Waals surface area contributed by atoms with E-state index in [1.807, 2.05) is 0 Å². The van der Waals surface area contributed by atoms with E-state index in [9.17, 15) is 31.1 Å². The summed E-state index contributed by atoms with van der Waals surface area (Å²) in [4.78, 5) is 29.0. The Kier molecular flexibility index (Phi) is 6.58. The maximum Gasteiger partial charge on any atom is 0.419 e. The van der Waals surface area contributed by atoms with Gasteiger partial charge in [0.1, 0.15) is 6.61 Å². The van der Waals surface area contributed by atoms with Crippen LogP contribution < -0.4 is 4.74 Å². The Labute approximate surface area is 200 Å². The average molecular weight is 515 g/mol. The van der Waals surface area contributed by atoms with E-state index in [2.05, 4.69) is 25.0 Å². The molecule has 15 heteroatoms. The molecule has 36 heavy (non-hydrogen) atoms. The number of likely N-dealkylation sites (tertiary alicyclic amines) is 1. The molecule has 0 N–H and O–H groups in total. The average Bonchev–Trinajstić information content (AvgIpc) is 3.19. The molecule has 0 aromatic carbocycles. The van der Waals surface area contributed by atoms with Crippen LogP contribution in [0.1, 0.15) is 29.4 Å². The zero-order chi connectivity index (χ0) is 26.3. The fraction of sp³-hybridized carbons (Fsp3) is 0.429. The van der Waals surface area contributed by atoms with Gasteiger partial charge in [-0.3, -0.25) is 9.48 Å². The van der Waals surface area contributed by atoms with Crippen molar-refractivity contribution >= 4 is 5.91 Å². The summed E-state index contributed by atoms with van der Waals surface area (Å²) < 4.78 is 87.1. The lowest BCUT2D eigenvalue weighted by Crippen LogP contribution is -2.57.